The summed E-state index contributed by atoms with van der Waals surface area (Å²) in [6.07, 6.45) is 0. The van der Waals surface area contributed by atoms with Gasteiger partial charge in [-0.1, -0.05) is 42.5 Å². The lowest BCUT2D eigenvalue weighted by Gasteiger charge is -2.09. The number of rotatable bonds is 6. The monoisotopic (exact) mass is 350 g/mol. The number of amides is 1. The SMILES string of the molecule is N#CCSc1ccccc1NC(=O)Cn1nnc(-c2ccccc2)n1. The number of nitrogens with one attached hydrogen (secondary N) is 1. The van der Waals surface area contributed by atoms with Crippen molar-refractivity contribution < 1.29 is 4.79 Å². The van der Waals surface area contributed by atoms with Gasteiger partial charge in [-0.25, -0.2) is 0 Å². The highest BCUT2D eigenvalue weighted by atomic mass is 32.2. The fourth-order valence-corrected chi connectivity index (χ4v) is 2.81. The molecule has 2 aromatic carbocycles. The van der Waals surface area contributed by atoms with Gasteiger partial charge < -0.3 is 5.32 Å². The summed E-state index contributed by atoms with van der Waals surface area (Å²) in [4.78, 5) is 14.3. The Bertz CT molecular complexity index is 903. The molecular formula is C17H14N6OS. The standard InChI is InChI=1S/C17H14N6OS/c18-10-11-25-15-9-5-4-8-14(15)19-16(24)12-23-21-17(20-22-23)13-6-2-1-3-7-13/h1-9H,11-12H2,(H,19,24). The summed E-state index contributed by atoms with van der Waals surface area (Å²) in [5.74, 6) is 0.526. The third-order valence-corrected chi connectivity index (χ3v) is 4.16. The Labute approximate surface area is 148 Å². The lowest BCUT2D eigenvalue weighted by atomic mass is 10.2. The van der Waals surface area contributed by atoms with Crippen LogP contribution in [0.25, 0.3) is 11.4 Å². The van der Waals surface area contributed by atoms with E-state index in [2.05, 4.69) is 26.8 Å². The summed E-state index contributed by atoms with van der Waals surface area (Å²) in [5, 5.41) is 23.6. The largest absolute Gasteiger partial charge is 0.323 e. The first-order valence-electron chi connectivity index (χ1n) is 7.48. The first-order valence-corrected chi connectivity index (χ1v) is 8.46. The smallest absolute Gasteiger partial charge is 0.248 e. The average Bonchev–Trinajstić information content (AvgIpc) is 3.10. The lowest BCUT2D eigenvalue weighted by Crippen LogP contribution is -2.20. The summed E-state index contributed by atoms with van der Waals surface area (Å²) in [7, 11) is 0. The normalized spacial score (nSPS) is 10.2. The Hall–Kier alpha value is -3.18. The molecule has 0 aliphatic heterocycles. The van der Waals surface area contributed by atoms with E-state index < -0.39 is 0 Å². The highest BCUT2D eigenvalue weighted by molar-refractivity contribution is 7.99. The number of tetrazole rings is 1. The molecule has 0 aliphatic carbocycles. The maximum atomic E-state index is 12.2. The minimum atomic E-state index is -0.262. The van der Waals surface area contributed by atoms with Crippen LogP contribution in [0.15, 0.2) is 59.5 Å². The zero-order valence-corrected chi connectivity index (χ0v) is 14.0. The zero-order chi connectivity index (χ0) is 17.5. The number of carbonyl (C=O) groups excluding carboxylic acids is 1. The van der Waals surface area contributed by atoms with E-state index in [-0.39, 0.29) is 12.5 Å². The van der Waals surface area contributed by atoms with E-state index in [9.17, 15) is 4.79 Å². The molecule has 1 aromatic heterocycles. The molecule has 124 valence electrons. The van der Waals surface area contributed by atoms with Crippen molar-refractivity contribution in [1.82, 2.24) is 20.2 Å². The van der Waals surface area contributed by atoms with Gasteiger partial charge in [-0.2, -0.15) is 10.1 Å². The number of benzene rings is 2. The maximum absolute atomic E-state index is 12.2. The highest BCUT2D eigenvalue weighted by Gasteiger charge is 2.11. The molecule has 0 fully saturated rings. The van der Waals surface area contributed by atoms with E-state index >= 15 is 0 Å². The molecule has 3 aromatic rings. The van der Waals surface area contributed by atoms with Crippen LogP contribution in [0.4, 0.5) is 5.69 Å². The minimum Gasteiger partial charge on any atom is -0.323 e. The molecule has 0 radical (unpaired) electrons. The molecule has 3 rings (SSSR count). The van der Waals surface area contributed by atoms with Gasteiger partial charge >= 0.3 is 0 Å². The van der Waals surface area contributed by atoms with Crippen molar-refractivity contribution in [2.24, 2.45) is 0 Å². The van der Waals surface area contributed by atoms with Gasteiger partial charge in [0, 0.05) is 10.5 Å². The summed E-state index contributed by atoms with van der Waals surface area (Å²) >= 11 is 1.37. The number of nitrogens with zero attached hydrogens (tertiary/aromatic N) is 5. The van der Waals surface area contributed by atoms with Crippen LogP contribution >= 0.6 is 11.8 Å². The van der Waals surface area contributed by atoms with Gasteiger partial charge in [0.05, 0.1) is 17.5 Å². The molecule has 1 heterocycles. The van der Waals surface area contributed by atoms with Gasteiger partial charge in [0.2, 0.25) is 11.7 Å². The van der Waals surface area contributed by atoms with Crippen molar-refractivity contribution in [2.45, 2.75) is 11.4 Å². The second-order valence-corrected chi connectivity index (χ2v) is 6.02. The molecule has 0 bridgehead atoms. The van der Waals surface area contributed by atoms with Crippen LogP contribution in [-0.2, 0) is 11.3 Å². The Morgan fingerprint density at radius 2 is 1.92 bits per heavy atom. The first kappa shape index (κ1) is 16.7. The predicted molar refractivity (Wildman–Crippen MR) is 94.7 cm³/mol. The molecule has 0 atom stereocenters. The Kier molecular flexibility index (Phi) is 5.39. The van der Waals surface area contributed by atoms with Crippen LogP contribution in [-0.4, -0.2) is 31.9 Å². The molecular weight excluding hydrogens is 336 g/mol. The third kappa shape index (κ3) is 4.43. The Balaban J connectivity index is 1.66. The molecule has 25 heavy (non-hydrogen) atoms. The van der Waals surface area contributed by atoms with Crippen molar-refractivity contribution in [1.29, 1.82) is 5.26 Å². The summed E-state index contributed by atoms with van der Waals surface area (Å²) in [5.41, 5.74) is 1.50. The van der Waals surface area contributed by atoms with E-state index in [1.807, 2.05) is 48.5 Å². The average molecular weight is 350 g/mol. The molecule has 0 saturated heterocycles. The van der Waals surface area contributed by atoms with Crippen LogP contribution in [0.5, 0.6) is 0 Å². The zero-order valence-electron chi connectivity index (χ0n) is 13.2. The van der Waals surface area contributed by atoms with E-state index in [4.69, 9.17) is 5.26 Å². The molecule has 0 unspecified atom stereocenters. The van der Waals surface area contributed by atoms with Crippen molar-refractivity contribution in [3.8, 4) is 17.5 Å². The predicted octanol–water partition coefficient (Wildman–Crippen LogP) is 2.59. The first-order chi connectivity index (χ1) is 12.3. The number of hydrogen-bond donors (Lipinski definition) is 1. The van der Waals surface area contributed by atoms with Gasteiger partial charge in [0.15, 0.2) is 0 Å². The van der Waals surface area contributed by atoms with Gasteiger partial charge in [0.25, 0.3) is 0 Å². The van der Waals surface area contributed by atoms with Gasteiger partial charge in [-0.3, -0.25) is 4.79 Å². The molecule has 1 amide bonds. The van der Waals surface area contributed by atoms with Crippen molar-refractivity contribution in [3.05, 3.63) is 54.6 Å². The minimum absolute atomic E-state index is 0.0446. The highest BCUT2D eigenvalue weighted by Crippen LogP contribution is 2.26. The van der Waals surface area contributed by atoms with Crippen LogP contribution in [0.1, 0.15) is 0 Å². The van der Waals surface area contributed by atoms with Crippen molar-refractivity contribution in [2.75, 3.05) is 11.1 Å². The van der Waals surface area contributed by atoms with E-state index in [1.165, 1.54) is 16.6 Å². The Morgan fingerprint density at radius 3 is 2.72 bits per heavy atom. The van der Waals surface area contributed by atoms with Crippen LogP contribution < -0.4 is 5.32 Å². The second kappa shape index (κ2) is 8.08. The molecule has 0 saturated carbocycles. The van der Waals surface area contributed by atoms with Crippen LogP contribution in [0.2, 0.25) is 0 Å². The van der Waals surface area contributed by atoms with Crippen LogP contribution in [0, 0.1) is 11.3 Å². The molecule has 0 spiro atoms. The Morgan fingerprint density at radius 1 is 1.16 bits per heavy atom. The lowest BCUT2D eigenvalue weighted by molar-refractivity contribution is -0.117. The third-order valence-electron chi connectivity index (χ3n) is 3.22. The van der Waals surface area contributed by atoms with Gasteiger partial charge in [-0.15, -0.1) is 22.0 Å². The molecule has 7 nitrogen and oxygen atoms in total. The number of anilines is 1. The number of hydrogen-bond acceptors (Lipinski definition) is 6. The molecule has 8 heteroatoms. The fraction of sp³-hybridized carbons (Fsp3) is 0.118. The number of carbonyl (C=O) groups is 1. The van der Waals surface area contributed by atoms with Crippen LogP contribution in [0.3, 0.4) is 0 Å². The maximum Gasteiger partial charge on any atom is 0.248 e. The van der Waals surface area contributed by atoms with E-state index in [0.717, 1.165) is 10.5 Å². The molecule has 1 N–H and O–H groups in total. The number of nitriles is 1. The fourth-order valence-electron chi connectivity index (χ4n) is 2.14. The van der Waals surface area contributed by atoms with Crippen molar-refractivity contribution >= 4 is 23.4 Å². The van der Waals surface area contributed by atoms with Gasteiger partial charge in [-0.05, 0) is 17.3 Å². The van der Waals surface area contributed by atoms with Crippen molar-refractivity contribution in [3.63, 3.8) is 0 Å². The quantitative estimate of drug-likeness (QED) is 0.686. The number of thioether (sulfide) groups is 1. The summed E-state index contributed by atoms with van der Waals surface area (Å²) < 4.78 is 0. The molecule has 0 aliphatic rings. The second-order valence-electron chi connectivity index (χ2n) is 5.00. The summed E-state index contributed by atoms with van der Waals surface area (Å²) in [6.45, 7) is -0.0446. The van der Waals surface area contributed by atoms with E-state index in [1.54, 1.807) is 6.07 Å². The van der Waals surface area contributed by atoms with Gasteiger partial charge in [0.1, 0.15) is 6.54 Å². The topological polar surface area (TPSA) is 96.5 Å². The van der Waals surface area contributed by atoms with E-state index in [0.29, 0.717) is 17.3 Å². The number of aromatic nitrogens is 4. The number of para-hydroxylation sites is 1. The summed E-state index contributed by atoms with van der Waals surface area (Å²) in [6, 6.07) is 18.9.